The first-order valence-corrected chi connectivity index (χ1v) is 10.5. The standard InChI is InChI=1S/C24H30N4O4/c1-18(2)28(24(30)25-19-8-5-10-21(14-19)31-4)17-23(29)27(16-22-11-7-13-32-22)15-20-9-6-12-26(20)3/h5-14,18H,15-17H2,1-4H3,(H,25,30). The number of urea groups is 1. The lowest BCUT2D eigenvalue weighted by molar-refractivity contribution is -0.133. The van der Waals surface area contributed by atoms with E-state index in [2.05, 4.69) is 5.32 Å². The van der Waals surface area contributed by atoms with Gasteiger partial charge >= 0.3 is 6.03 Å². The van der Waals surface area contributed by atoms with E-state index in [1.165, 1.54) is 4.90 Å². The average molecular weight is 439 g/mol. The van der Waals surface area contributed by atoms with Crippen LogP contribution in [0.15, 0.2) is 65.4 Å². The SMILES string of the molecule is COc1cccc(NC(=O)N(CC(=O)N(Cc2ccco2)Cc2cccn2C)C(C)C)c1. The van der Waals surface area contributed by atoms with Gasteiger partial charge in [0, 0.05) is 36.7 Å². The first-order chi connectivity index (χ1) is 15.4. The first kappa shape index (κ1) is 23.0. The van der Waals surface area contributed by atoms with Gasteiger partial charge < -0.3 is 28.8 Å². The summed E-state index contributed by atoms with van der Waals surface area (Å²) >= 11 is 0. The molecule has 0 fully saturated rings. The van der Waals surface area contributed by atoms with Gasteiger partial charge in [0.15, 0.2) is 0 Å². The molecule has 0 atom stereocenters. The summed E-state index contributed by atoms with van der Waals surface area (Å²) in [5.74, 6) is 1.16. The van der Waals surface area contributed by atoms with E-state index in [4.69, 9.17) is 9.15 Å². The summed E-state index contributed by atoms with van der Waals surface area (Å²) in [6.45, 7) is 4.44. The van der Waals surface area contributed by atoms with E-state index in [-0.39, 0.29) is 24.5 Å². The maximum atomic E-state index is 13.3. The second kappa shape index (κ2) is 10.6. The average Bonchev–Trinajstić information content (AvgIpc) is 3.43. The molecule has 3 amide bonds. The molecule has 2 aromatic heterocycles. The number of ether oxygens (including phenoxy) is 1. The molecule has 8 heteroatoms. The number of hydrogen-bond acceptors (Lipinski definition) is 4. The predicted molar refractivity (Wildman–Crippen MR) is 122 cm³/mol. The fourth-order valence-electron chi connectivity index (χ4n) is 3.31. The largest absolute Gasteiger partial charge is 0.497 e. The molecule has 2 heterocycles. The molecular formula is C24H30N4O4. The van der Waals surface area contributed by atoms with Gasteiger partial charge in [0.1, 0.15) is 18.1 Å². The fraction of sp³-hybridized carbons (Fsp3) is 0.333. The van der Waals surface area contributed by atoms with Gasteiger partial charge in [0.05, 0.1) is 26.5 Å². The molecule has 0 aliphatic carbocycles. The Labute approximate surface area is 188 Å². The van der Waals surface area contributed by atoms with Crippen LogP contribution in [0.2, 0.25) is 0 Å². The molecule has 0 bridgehead atoms. The number of hydrogen-bond donors (Lipinski definition) is 1. The lowest BCUT2D eigenvalue weighted by Gasteiger charge is -2.30. The molecule has 0 spiro atoms. The Balaban J connectivity index is 1.74. The third-order valence-corrected chi connectivity index (χ3v) is 5.19. The summed E-state index contributed by atoms with van der Waals surface area (Å²) in [6.07, 6.45) is 3.52. The molecule has 32 heavy (non-hydrogen) atoms. The van der Waals surface area contributed by atoms with Crippen molar-refractivity contribution >= 4 is 17.6 Å². The number of carbonyl (C=O) groups excluding carboxylic acids is 2. The number of methoxy groups -OCH3 is 1. The minimum atomic E-state index is -0.349. The Morgan fingerprint density at radius 3 is 2.56 bits per heavy atom. The molecule has 0 aliphatic heterocycles. The van der Waals surface area contributed by atoms with E-state index in [0.717, 1.165) is 5.69 Å². The van der Waals surface area contributed by atoms with E-state index in [1.807, 2.05) is 49.9 Å². The zero-order chi connectivity index (χ0) is 23.1. The molecule has 1 N–H and O–H groups in total. The fourth-order valence-corrected chi connectivity index (χ4v) is 3.31. The number of anilines is 1. The van der Waals surface area contributed by atoms with Crippen molar-refractivity contribution in [3.8, 4) is 5.75 Å². The van der Waals surface area contributed by atoms with Crippen molar-refractivity contribution in [3.63, 3.8) is 0 Å². The highest BCUT2D eigenvalue weighted by atomic mass is 16.5. The van der Waals surface area contributed by atoms with Crippen molar-refractivity contribution in [1.82, 2.24) is 14.4 Å². The zero-order valence-corrected chi connectivity index (χ0v) is 18.9. The van der Waals surface area contributed by atoms with Crippen LogP contribution in [0.1, 0.15) is 25.3 Å². The van der Waals surface area contributed by atoms with E-state index in [0.29, 0.717) is 30.3 Å². The minimum Gasteiger partial charge on any atom is -0.497 e. The van der Waals surface area contributed by atoms with Gasteiger partial charge in [-0.05, 0) is 50.2 Å². The van der Waals surface area contributed by atoms with Crippen LogP contribution in [0.25, 0.3) is 0 Å². The maximum Gasteiger partial charge on any atom is 0.322 e. The van der Waals surface area contributed by atoms with Crippen LogP contribution in [-0.4, -0.2) is 46.0 Å². The van der Waals surface area contributed by atoms with Crippen LogP contribution in [-0.2, 0) is 24.9 Å². The normalized spacial score (nSPS) is 10.8. The quantitative estimate of drug-likeness (QED) is 0.546. The molecular weight excluding hydrogens is 408 g/mol. The number of rotatable bonds is 9. The van der Waals surface area contributed by atoms with Crippen molar-refractivity contribution in [2.75, 3.05) is 19.0 Å². The van der Waals surface area contributed by atoms with Gasteiger partial charge in [0.2, 0.25) is 5.91 Å². The molecule has 0 unspecified atom stereocenters. The Bertz CT molecular complexity index is 1030. The van der Waals surface area contributed by atoms with Gasteiger partial charge in [0.25, 0.3) is 0 Å². The number of nitrogens with zero attached hydrogens (tertiary/aromatic N) is 3. The summed E-state index contributed by atoms with van der Waals surface area (Å²) in [7, 11) is 3.51. The summed E-state index contributed by atoms with van der Waals surface area (Å²) in [5.41, 5.74) is 1.59. The van der Waals surface area contributed by atoms with Gasteiger partial charge in [-0.3, -0.25) is 4.79 Å². The topological polar surface area (TPSA) is 80.0 Å². The smallest absolute Gasteiger partial charge is 0.322 e. The molecule has 170 valence electrons. The molecule has 3 rings (SSSR count). The number of carbonyl (C=O) groups is 2. The van der Waals surface area contributed by atoms with Crippen molar-refractivity contribution in [1.29, 1.82) is 0 Å². The van der Waals surface area contributed by atoms with E-state index in [9.17, 15) is 9.59 Å². The Morgan fingerprint density at radius 2 is 1.94 bits per heavy atom. The van der Waals surface area contributed by atoms with Gasteiger partial charge in [-0.25, -0.2) is 4.79 Å². The minimum absolute atomic E-state index is 0.0569. The van der Waals surface area contributed by atoms with Crippen molar-refractivity contribution < 1.29 is 18.7 Å². The number of furan rings is 1. The Kier molecular flexibility index (Phi) is 7.59. The van der Waals surface area contributed by atoms with Gasteiger partial charge in [-0.2, -0.15) is 0 Å². The van der Waals surface area contributed by atoms with Crippen LogP contribution in [0.4, 0.5) is 10.5 Å². The third-order valence-electron chi connectivity index (χ3n) is 5.19. The van der Waals surface area contributed by atoms with Crippen LogP contribution in [0.5, 0.6) is 5.75 Å². The number of amides is 3. The van der Waals surface area contributed by atoms with Crippen molar-refractivity contribution in [3.05, 3.63) is 72.4 Å². The van der Waals surface area contributed by atoms with Crippen LogP contribution in [0, 0.1) is 0 Å². The second-order valence-electron chi connectivity index (χ2n) is 7.82. The summed E-state index contributed by atoms with van der Waals surface area (Å²) in [6, 6.07) is 14.1. The second-order valence-corrected chi connectivity index (χ2v) is 7.82. The monoisotopic (exact) mass is 438 g/mol. The van der Waals surface area contributed by atoms with E-state index < -0.39 is 0 Å². The number of benzene rings is 1. The van der Waals surface area contributed by atoms with Crippen LogP contribution < -0.4 is 10.1 Å². The molecule has 0 aliphatic rings. The predicted octanol–water partition coefficient (Wildman–Crippen LogP) is 4.10. The number of nitrogens with one attached hydrogen (secondary N) is 1. The molecule has 8 nitrogen and oxygen atoms in total. The highest BCUT2D eigenvalue weighted by Crippen LogP contribution is 2.18. The molecule has 0 saturated carbocycles. The summed E-state index contributed by atoms with van der Waals surface area (Å²) in [5, 5.41) is 2.86. The lowest BCUT2D eigenvalue weighted by Crippen LogP contribution is -2.47. The summed E-state index contributed by atoms with van der Waals surface area (Å²) < 4.78 is 12.6. The maximum absolute atomic E-state index is 13.3. The molecule has 0 radical (unpaired) electrons. The molecule has 1 aromatic carbocycles. The van der Waals surface area contributed by atoms with Crippen LogP contribution in [0.3, 0.4) is 0 Å². The van der Waals surface area contributed by atoms with E-state index >= 15 is 0 Å². The lowest BCUT2D eigenvalue weighted by atomic mass is 10.2. The molecule has 3 aromatic rings. The van der Waals surface area contributed by atoms with Crippen molar-refractivity contribution in [2.24, 2.45) is 7.05 Å². The molecule has 0 saturated heterocycles. The van der Waals surface area contributed by atoms with Gasteiger partial charge in [-0.1, -0.05) is 6.07 Å². The Hall–Kier alpha value is -3.68. The van der Waals surface area contributed by atoms with Crippen LogP contribution >= 0.6 is 0 Å². The highest BCUT2D eigenvalue weighted by Gasteiger charge is 2.25. The van der Waals surface area contributed by atoms with Crippen molar-refractivity contribution in [2.45, 2.75) is 33.0 Å². The number of aryl methyl sites for hydroxylation is 1. The number of aromatic nitrogens is 1. The third kappa shape index (κ3) is 5.94. The summed E-state index contributed by atoms with van der Waals surface area (Å²) in [4.78, 5) is 29.5. The zero-order valence-electron chi connectivity index (χ0n) is 18.9. The van der Waals surface area contributed by atoms with Gasteiger partial charge in [-0.15, -0.1) is 0 Å². The first-order valence-electron chi connectivity index (χ1n) is 10.5. The highest BCUT2D eigenvalue weighted by molar-refractivity contribution is 5.92. The Morgan fingerprint density at radius 1 is 1.12 bits per heavy atom. The van der Waals surface area contributed by atoms with E-state index in [1.54, 1.807) is 48.6 Å².